The van der Waals surface area contributed by atoms with Crippen molar-refractivity contribution in [2.75, 3.05) is 0 Å². The van der Waals surface area contributed by atoms with Gasteiger partial charge in [0.15, 0.2) is 0 Å². The largest absolute Gasteiger partial charge is 0.469 e. The van der Waals surface area contributed by atoms with Crippen LogP contribution in [-0.2, 0) is 13.0 Å². The van der Waals surface area contributed by atoms with Gasteiger partial charge in [-0.3, -0.25) is 0 Å². The molecule has 2 heterocycles. The molecular formula is C17H20ClN3O. The lowest BCUT2D eigenvalue weighted by Crippen LogP contribution is -2.27. The average Bonchev–Trinajstić information content (AvgIpc) is 3.19. The number of hydrogen-bond acceptors (Lipinski definition) is 3. The summed E-state index contributed by atoms with van der Waals surface area (Å²) >= 11 is 0. The van der Waals surface area contributed by atoms with Crippen molar-refractivity contribution in [3.05, 3.63) is 72.7 Å². The van der Waals surface area contributed by atoms with Crippen LogP contribution in [0.1, 0.15) is 18.2 Å². The maximum Gasteiger partial charge on any atom is 0.105 e. The summed E-state index contributed by atoms with van der Waals surface area (Å²) in [6.07, 6.45) is 8.15. The summed E-state index contributed by atoms with van der Waals surface area (Å²) in [5, 5.41) is 3.51. The lowest BCUT2D eigenvalue weighted by Gasteiger charge is -2.13. The molecule has 0 aliphatic carbocycles. The van der Waals surface area contributed by atoms with E-state index in [9.17, 15) is 0 Å². The third-order valence-electron chi connectivity index (χ3n) is 3.48. The molecule has 0 aliphatic rings. The molecule has 0 radical (unpaired) electrons. The second-order valence-corrected chi connectivity index (χ2v) is 5.20. The van der Waals surface area contributed by atoms with Crippen molar-refractivity contribution in [3.63, 3.8) is 0 Å². The first kappa shape index (κ1) is 16.3. The first-order chi connectivity index (χ1) is 10.3. The van der Waals surface area contributed by atoms with Crippen molar-refractivity contribution in [3.8, 4) is 5.69 Å². The Morgan fingerprint density at radius 3 is 2.68 bits per heavy atom. The van der Waals surface area contributed by atoms with Crippen molar-refractivity contribution in [1.29, 1.82) is 0 Å². The summed E-state index contributed by atoms with van der Waals surface area (Å²) in [5.41, 5.74) is 2.39. The predicted octanol–water partition coefficient (Wildman–Crippen LogP) is 3.61. The molecule has 5 heteroatoms. The maximum absolute atomic E-state index is 5.36. The molecule has 1 aromatic carbocycles. The predicted molar refractivity (Wildman–Crippen MR) is 89.5 cm³/mol. The molecule has 0 saturated carbocycles. The minimum Gasteiger partial charge on any atom is -0.469 e. The first-order valence-corrected chi connectivity index (χ1v) is 7.14. The molecular weight excluding hydrogens is 298 g/mol. The molecule has 3 rings (SSSR count). The first-order valence-electron chi connectivity index (χ1n) is 7.14. The van der Waals surface area contributed by atoms with Crippen molar-refractivity contribution >= 4 is 12.4 Å². The fourth-order valence-electron chi connectivity index (χ4n) is 2.29. The van der Waals surface area contributed by atoms with Gasteiger partial charge in [-0.25, -0.2) is 4.98 Å². The fourth-order valence-corrected chi connectivity index (χ4v) is 2.29. The van der Waals surface area contributed by atoms with Gasteiger partial charge in [0, 0.05) is 37.1 Å². The van der Waals surface area contributed by atoms with Crippen molar-refractivity contribution in [2.24, 2.45) is 0 Å². The van der Waals surface area contributed by atoms with Gasteiger partial charge in [-0.15, -0.1) is 12.4 Å². The van der Waals surface area contributed by atoms with Gasteiger partial charge < -0.3 is 14.3 Å². The molecule has 1 atom stereocenters. The molecule has 3 aromatic rings. The number of aromatic nitrogens is 2. The van der Waals surface area contributed by atoms with Gasteiger partial charge in [0.2, 0.25) is 0 Å². The molecule has 0 amide bonds. The van der Waals surface area contributed by atoms with Crippen LogP contribution in [-0.4, -0.2) is 15.6 Å². The van der Waals surface area contributed by atoms with Crippen LogP contribution in [0.3, 0.4) is 0 Å². The third-order valence-corrected chi connectivity index (χ3v) is 3.48. The number of hydrogen-bond donors (Lipinski definition) is 1. The maximum atomic E-state index is 5.36. The Morgan fingerprint density at radius 2 is 2.05 bits per heavy atom. The number of nitrogens with one attached hydrogen (secondary N) is 1. The second kappa shape index (κ2) is 7.82. The van der Waals surface area contributed by atoms with Gasteiger partial charge in [-0.05, 0) is 36.8 Å². The third kappa shape index (κ3) is 4.23. The standard InChI is InChI=1S/C17H19N3O.ClH/c1-14(11-17-3-2-10-21-17)19-12-15-4-6-16(7-5-15)20-9-8-18-13-20;/h2-10,13-14,19H,11-12H2,1H3;1H. The second-order valence-electron chi connectivity index (χ2n) is 5.20. The Hall–Kier alpha value is -2.04. The van der Waals surface area contributed by atoms with E-state index in [2.05, 4.69) is 41.5 Å². The highest BCUT2D eigenvalue weighted by atomic mass is 35.5. The van der Waals surface area contributed by atoms with Crippen LogP contribution in [0.2, 0.25) is 0 Å². The summed E-state index contributed by atoms with van der Waals surface area (Å²) < 4.78 is 7.36. The molecule has 0 saturated heterocycles. The molecule has 4 nitrogen and oxygen atoms in total. The van der Waals surface area contributed by atoms with Crippen molar-refractivity contribution in [2.45, 2.75) is 25.9 Å². The summed E-state index contributed by atoms with van der Waals surface area (Å²) in [6.45, 7) is 3.02. The Balaban J connectivity index is 0.00000176. The Morgan fingerprint density at radius 1 is 1.23 bits per heavy atom. The Bertz CT molecular complexity index is 648. The number of nitrogens with zero attached hydrogens (tertiary/aromatic N) is 2. The number of rotatable bonds is 6. The van der Waals surface area contributed by atoms with E-state index in [-0.39, 0.29) is 12.4 Å². The van der Waals surface area contributed by atoms with Crippen LogP contribution in [0, 0.1) is 0 Å². The van der Waals surface area contributed by atoms with Gasteiger partial charge in [0.05, 0.1) is 12.6 Å². The lowest BCUT2D eigenvalue weighted by molar-refractivity contribution is 0.456. The monoisotopic (exact) mass is 317 g/mol. The zero-order chi connectivity index (χ0) is 14.5. The molecule has 0 aliphatic heterocycles. The van der Waals surface area contributed by atoms with Crippen LogP contribution < -0.4 is 5.32 Å². The normalized spacial score (nSPS) is 11.9. The molecule has 0 fully saturated rings. The van der Waals surface area contributed by atoms with E-state index in [1.807, 2.05) is 22.9 Å². The van der Waals surface area contributed by atoms with Gasteiger partial charge in [-0.2, -0.15) is 0 Å². The van der Waals surface area contributed by atoms with Crippen LogP contribution >= 0.6 is 12.4 Å². The number of furan rings is 1. The van der Waals surface area contributed by atoms with Gasteiger partial charge >= 0.3 is 0 Å². The van der Waals surface area contributed by atoms with Gasteiger partial charge in [-0.1, -0.05) is 12.1 Å². The van der Waals surface area contributed by atoms with E-state index in [0.717, 1.165) is 24.4 Å². The van der Waals surface area contributed by atoms with Crippen LogP contribution in [0.4, 0.5) is 0 Å². The van der Waals surface area contributed by atoms with E-state index >= 15 is 0 Å². The molecule has 1 unspecified atom stereocenters. The Labute approximate surface area is 136 Å². The smallest absolute Gasteiger partial charge is 0.105 e. The topological polar surface area (TPSA) is 43.0 Å². The quantitative estimate of drug-likeness (QED) is 0.755. The summed E-state index contributed by atoms with van der Waals surface area (Å²) in [4.78, 5) is 4.06. The van der Waals surface area contributed by atoms with Crippen LogP contribution in [0.5, 0.6) is 0 Å². The van der Waals surface area contributed by atoms with E-state index < -0.39 is 0 Å². The molecule has 0 bridgehead atoms. The molecule has 22 heavy (non-hydrogen) atoms. The van der Waals surface area contributed by atoms with Crippen LogP contribution in [0.15, 0.2) is 65.8 Å². The molecule has 2 aromatic heterocycles. The zero-order valence-corrected chi connectivity index (χ0v) is 13.3. The van der Waals surface area contributed by atoms with Crippen LogP contribution in [0.25, 0.3) is 5.69 Å². The van der Waals surface area contributed by atoms with Gasteiger partial charge in [0.1, 0.15) is 5.76 Å². The highest BCUT2D eigenvalue weighted by Crippen LogP contribution is 2.10. The summed E-state index contributed by atoms with van der Waals surface area (Å²) in [6, 6.07) is 12.8. The molecule has 116 valence electrons. The minimum absolute atomic E-state index is 0. The van der Waals surface area contributed by atoms with E-state index in [1.165, 1.54) is 5.56 Å². The Kier molecular flexibility index (Phi) is 5.81. The highest BCUT2D eigenvalue weighted by molar-refractivity contribution is 5.85. The molecule has 1 N–H and O–H groups in total. The van der Waals surface area contributed by atoms with E-state index in [0.29, 0.717) is 6.04 Å². The summed E-state index contributed by atoms with van der Waals surface area (Å²) in [5.74, 6) is 1.02. The van der Waals surface area contributed by atoms with Crippen molar-refractivity contribution in [1.82, 2.24) is 14.9 Å². The zero-order valence-electron chi connectivity index (χ0n) is 12.5. The van der Waals surface area contributed by atoms with Crippen molar-refractivity contribution < 1.29 is 4.42 Å². The highest BCUT2D eigenvalue weighted by Gasteiger charge is 2.05. The van der Waals surface area contributed by atoms with Gasteiger partial charge in [0.25, 0.3) is 0 Å². The SMILES string of the molecule is CC(Cc1ccco1)NCc1ccc(-n2ccnc2)cc1.Cl. The number of halogens is 1. The number of benzene rings is 1. The molecule has 0 spiro atoms. The van der Waals surface area contributed by atoms with E-state index in [1.54, 1.807) is 18.8 Å². The minimum atomic E-state index is 0. The fraction of sp³-hybridized carbons (Fsp3) is 0.235. The lowest BCUT2D eigenvalue weighted by atomic mass is 10.1. The summed E-state index contributed by atoms with van der Waals surface area (Å²) in [7, 11) is 0. The number of imidazole rings is 1. The van der Waals surface area contributed by atoms with E-state index in [4.69, 9.17) is 4.42 Å². The average molecular weight is 318 g/mol.